The smallest absolute Gasteiger partial charge is 0.235 e. The average Bonchev–Trinajstić information content (AvgIpc) is 2.82. The van der Waals surface area contributed by atoms with Crippen molar-refractivity contribution < 1.29 is 13.9 Å². The van der Waals surface area contributed by atoms with E-state index in [4.69, 9.17) is 4.74 Å². The van der Waals surface area contributed by atoms with Crippen molar-refractivity contribution in [3.05, 3.63) is 24.1 Å². The van der Waals surface area contributed by atoms with E-state index in [2.05, 4.69) is 15.6 Å². The quantitative estimate of drug-likeness (QED) is 0.832. The number of rotatable bonds is 4. The van der Waals surface area contributed by atoms with Gasteiger partial charge in [-0.1, -0.05) is 0 Å². The lowest BCUT2D eigenvalue weighted by atomic mass is 9.87. The molecule has 98 valence electrons. The second-order valence-electron chi connectivity index (χ2n) is 4.46. The summed E-state index contributed by atoms with van der Waals surface area (Å²) in [5.41, 5.74) is -0.565. The number of carbonyl (C=O) groups is 1. The molecule has 18 heavy (non-hydrogen) atoms. The summed E-state index contributed by atoms with van der Waals surface area (Å²) in [7, 11) is 1.57. The Morgan fingerprint density at radius 1 is 1.67 bits per heavy atom. The maximum atomic E-state index is 12.7. The molecule has 5 nitrogen and oxygen atoms in total. The van der Waals surface area contributed by atoms with Gasteiger partial charge in [0.05, 0.1) is 18.2 Å². The molecule has 0 bridgehead atoms. The van der Waals surface area contributed by atoms with Crippen LogP contribution in [0.1, 0.15) is 6.42 Å². The maximum Gasteiger partial charge on any atom is 0.235 e. The largest absolute Gasteiger partial charge is 0.384 e. The Kier molecular flexibility index (Phi) is 3.88. The second kappa shape index (κ2) is 5.41. The number of methoxy groups -OCH3 is 1. The van der Waals surface area contributed by atoms with Crippen LogP contribution >= 0.6 is 0 Å². The number of nitrogens with one attached hydrogen (secondary N) is 2. The fourth-order valence-electron chi connectivity index (χ4n) is 2.10. The lowest BCUT2D eigenvalue weighted by Gasteiger charge is -2.25. The minimum atomic E-state index is -0.565. The highest BCUT2D eigenvalue weighted by Crippen LogP contribution is 2.27. The first-order chi connectivity index (χ1) is 8.66. The summed E-state index contributed by atoms with van der Waals surface area (Å²) in [6, 6.07) is 2.70. The van der Waals surface area contributed by atoms with E-state index < -0.39 is 11.2 Å². The van der Waals surface area contributed by atoms with Gasteiger partial charge in [0.25, 0.3) is 0 Å². The van der Waals surface area contributed by atoms with Crippen molar-refractivity contribution in [3.63, 3.8) is 0 Å². The molecule has 1 aliphatic rings. The van der Waals surface area contributed by atoms with Crippen LogP contribution in [0.15, 0.2) is 18.3 Å². The number of hydrogen-bond acceptors (Lipinski definition) is 4. The van der Waals surface area contributed by atoms with Crippen LogP contribution in [-0.4, -0.2) is 37.7 Å². The summed E-state index contributed by atoms with van der Waals surface area (Å²) >= 11 is 0. The van der Waals surface area contributed by atoms with Gasteiger partial charge in [-0.15, -0.1) is 0 Å². The van der Waals surface area contributed by atoms with Crippen LogP contribution in [0.5, 0.6) is 0 Å². The normalized spacial score (nSPS) is 23.0. The van der Waals surface area contributed by atoms with Crippen molar-refractivity contribution in [3.8, 4) is 0 Å². The number of hydrogen-bond donors (Lipinski definition) is 2. The molecule has 6 heteroatoms. The molecule has 0 saturated carbocycles. The predicted molar refractivity (Wildman–Crippen MR) is 64.6 cm³/mol. The summed E-state index contributed by atoms with van der Waals surface area (Å²) in [6.45, 7) is 1.72. The van der Waals surface area contributed by atoms with Crippen molar-refractivity contribution >= 4 is 11.7 Å². The molecule has 0 aromatic carbocycles. The van der Waals surface area contributed by atoms with Crippen LogP contribution in [-0.2, 0) is 9.53 Å². The standard InChI is InChI=1S/C12H16FN3O2/c1-18-8-12(4-5-14-7-12)11(17)16-10-3-2-9(13)6-15-10/h2-3,6,14H,4-5,7-8H2,1H3,(H,15,16,17). The molecule has 0 radical (unpaired) electrons. The highest BCUT2D eigenvalue weighted by molar-refractivity contribution is 5.95. The van der Waals surface area contributed by atoms with Crippen LogP contribution in [0, 0.1) is 11.2 Å². The van der Waals surface area contributed by atoms with Crippen molar-refractivity contribution in [1.82, 2.24) is 10.3 Å². The first-order valence-corrected chi connectivity index (χ1v) is 5.79. The van der Waals surface area contributed by atoms with Crippen molar-refractivity contribution in [2.45, 2.75) is 6.42 Å². The monoisotopic (exact) mass is 253 g/mol. The van der Waals surface area contributed by atoms with Gasteiger partial charge in [-0.05, 0) is 25.1 Å². The number of anilines is 1. The first kappa shape index (κ1) is 12.9. The molecule has 1 amide bonds. The Hall–Kier alpha value is -1.53. The second-order valence-corrected chi connectivity index (χ2v) is 4.46. The van der Waals surface area contributed by atoms with E-state index in [-0.39, 0.29) is 5.91 Å². The zero-order valence-corrected chi connectivity index (χ0v) is 10.2. The van der Waals surface area contributed by atoms with E-state index in [9.17, 15) is 9.18 Å². The molecule has 2 N–H and O–H groups in total. The van der Waals surface area contributed by atoms with Crippen LogP contribution in [0.4, 0.5) is 10.2 Å². The van der Waals surface area contributed by atoms with E-state index in [0.717, 1.165) is 12.7 Å². The molecular weight excluding hydrogens is 237 g/mol. The molecular formula is C12H16FN3O2. The molecule has 1 saturated heterocycles. The van der Waals surface area contributed by atoms with Crippen LogP contribution < -0.4 is 10.6 Å². The molecule has 0 spiro atoms. The summed E-state index contributed by atoms with van der Waals surface area (Å²) in [5, 5.41) is 5.85. The summed E-state index contributed by atoms with van der Waals surface area (Å²) in [5.74, 6) is -0.223. The third kappa shape index (κ3) is 2.65. The number of aromatic nitrogens is 1. The molecule has 0 aliphatic carbocycles. The zero-order chi connectivity index (χ0) is 13.0. The van der Waals surface area contributed by atoms with Crippen LogP contribution in [0.2, 0.25) is 0 Å². The van der Waals surface area contributed by atoms with Gasteiger partial charge in [-0.3, -0.25) is 4.79 Å². The van der Waals surface area contributed by atoms with Crippen LogP contribution in [0.25, 0.3) is 0 Å². The third-order valence-corrected chi connectivity index (χ3v) is 3.12. The maximum absolute atomic E-state index is 12.7. The topological polar surface area (TPSA) is 63.2 Å². The summed E-state index contributed by atoms with van der Waals surface area (Å²) in [4.78, 5) is 16.1. The Bertz CT molecular complexity index is 416. The van der Waals surface area contributed by atoms with Gasteiger partial charge in [0, 0.05) is 13.7 Å². The van der Waals surface area contributed by atoms with Crippen LogP contribution in [0.3, 0.4) is 0 Å². The molecule has 1 aliphatic heterocycles. The highest BCUT2D eigenvalue weighted by atomic mass is 19.1. The Morgan fingerprint density at radius 2 is 2.50 bits per heavy atom. The first-order valence-electron chi connectivity index (χ1n) is 5.79. The Balaban J connectivity index is 2.07. The molecule has 1 atom stereocenters. The van der Waals surface area contributed by atoms with E-state index >= 15 is 0 Å². The molecule has 2 heterocycles. The molecule has 1 aromatic heterocycles. The third-order valence-electron chi connectivity index (χ3n) is 3.12. The molecule has 1 fully saturated rings. The summed E-state index contributed by atoms with van der Waals surface area (Å²) < 4.78 is 17.8. The molecule has 2 rings (SSSR count). The van der Waals surface area contributed by atoms with Gasteiger partial charge in [0.2, 0.25) is 5.91 Å². The SMILES string of the molecule is COCC1(C(=O)Nc2ccc(F)cn2)CCNC1. The molecule has 1 aromatic rings. The lowest BCUT2D eigenvalue weighted by molar-refractivity contribution is -0.127. The van der Waals surface area contributed by atoms with E-state index in [1.54, 1.807) is 7.11 Å². The fraction of sp³-hybridized carbons (Fsp3) is 0.500. The minimum absolute atomic E-state index is 0.145. The van der Waals surface area contributed by atoms with Gasteiger partial charge >= 0.3 is 0 Å². The number of halogens is 1. The van der Waals surface area contributed by atoms with Gasteiger partial charge in [0.1, 0.15) is 11.6 Å². The van der Waals surface area contributed by atoms with Crippen molar-refractivity contribution in [2.24, 2.45) is 5.41 Å². The molecule has 1 unspecified atom stereocenters. The van der Waals surface area contributed by atoms with Gasteiger partial charge in [-0.2, -0.15) is 0 Å². The number of ether oxygens (including phenoxy) is 1. The Morgan fingerprint density at radius 3 is 3.06 bits per heavy atom. The van der Waals surface area contributed by atoms with E-state index in [1.807, 2.05) is 0 Å². The van der Waals surface area contributed by atoms with Gasteiger partial charge in [-0.25, -0.2) is 9.37 Å². The van der Waals surface area contributed by atoms with Gasteiger partial charge in [0.15, 0.2) is 0 Å². The number of amides is 1. The minimum Gasteiger partial charge on any atom is -0.384 e. The number of nitrogens with zero attached hydrogens (tertiary/aromatic N) is 1. The highest BCUT2D eigenvalue weighted by Gasteiger charge is 2.41. The summed E-state index contributed by atoms with van der Waals surface area (Å²) in [6.07, 6.45) is 1.79. The number of pyridine rings is 1. The lowest BCUT2D eigenvalue weighted by Crippen LogP contribution is -2.42. The van der Waals surface area contributed by atoms with E-state index in [1.165, 1.54) is 12.1 Å². The Labute approximate surface area is 105 Å². The fourth-order valence-corrected chi connectivity index (χ4v) is 2.10. The average molecular weight is 253 g/mol. The van der Waals surface area contributed by atoms with Crippen molar-refractivity contribution in [1.29, 1.82) is 0 Å². The predicted octanol–water partition coefficient (Wildman–Crippen LogP) is 0.785. The van der Waals surface area contributed by atoms with Gasteiger partial charge < -0.3 is 15.4 Å². The number of carbonyl (C=O) groups excluding carboxylic acids is 1. The van der Waals surface area contributed by atoms with E-state index in [0.29, 0.717) is 25.4 Å². The zero-order valence-electron chi connectivity index (χ0n) is 10.2. The van der Waals surface area contributed by atoms with Crippen molar-refractivity contribution in [2.75, 3.05) is 32.1 Å².